The van der Waals surface area contributed by atoms with E-state index in [1.54, 1.807) is 0 Å². The lowest BCUT2D eigenvalue weighted by Crippen LogP contribution is -2.61. The third kappa shape index (κ3) is 30.0. The van der Waals surface area contributed by atoms with Crippen LogP contribution in [0.5, 0.6) is 0 Å². The largest absolute Gasteiger partial charge is 0.462 e. The zero-order valence-corrected chi connectivity index (χ0v) is 43.2. The number of carbonyl (C=O) groups excluding carboxylic acids is 2. The zero-order valence-electron chi connectivity index (χ0n) is 43.2. The molecule has 0 aromatic rings. The highest BCUT2D eigenvalue weighted by atomic mass is 16.7. The van der Waals surface area contributed by atoms with Crippen molar-refractivity contribution in [2.24, 2.45) is 0 Å². The minimum absolute atomic E-state index is 0.0908. The molecule has 2 aliphatic rings. The first-order chi connectivity index (χ1) is 34.5. The fourth-order valence-corrected chi connectivity index (χ4v) is 8.07. The van der Waals surface area contributed by atoms with E-state index in [1.165, 1.54) is 77.0 Å². The van der Waals surface area contributed by atoms with Crippen LogP contribution in [0.4, 0.5) is 0 Å². The van der Waals surface area contributed by atoms with Gasteiger partial charge in [0.1, 0.15) is 55.4 Å². The van der Waals surface area contributed by atoms with Gasteiger partial charge in [-0.2, -0.15) is 0 Å². The zero-order chi connectivity index (χ0) is 51.7. The molecule has 0 aromatic heterocycles. The fourth-order valence-electron chi connectivity index (χ4n) is 8.07. The van der Waals surface area contributed by atoms with Crippen LogP contribution in [-0.4, -0.2) is 142 Å². The summed E-state index contributed by atoms with van der Waals surface area (Å²) in [6, 6.07) is 0. The van der Waals surface area contributed by atoms with Gasteiger partial charge in [-0.05, 0) is 51.4 Å². The lowest BCUT2D eigenvalue weighted by atomic mass is 9.98. The molecule has 2 aliphatic heterocycles. The van der Waals surface area contributed by atoms with Crippen molar-refractivity contribution in [1.82, 2.24) is 0 Å². The highest BCUT2D eigenvalue weighted by Gasteiger charge is 2.47. The predicted octanol–water partition coefficient (Wildman–Crippen LogP) is 8.21. The van der Waals surface area contributed by atoms with Crippen molar-refractivity contribution >= 4 is 11.9 Å². The Hall–Kier alpha value is -3.06. The molecule has 2 saturated heterocycles. The Morgan fingerprint density at radius 1 is 0.465 bits per heavy atom. The maximum absolute atomic E-state index is 13.0. The van der Waals surface area contributed by atoms with Crippen molar-refractivity contribution in [3.8, 4) is 0 Å². The van der Waals surface area contributed by atoms with E-state index in [2.05, 4.69) is 74.6 Å². The van der Waals surface area contributed by atoms with Gasteiger partial charge in [0, 0.05) is 12.8 Å². The van der Waals surface area contributed by atoms with Crippen molar-refractivity contribution in [2.75, 3.05) is 26.4 Å². The van der Waals surface area contributed by atoms with E-state index >= 15 is 0 Å². The molecule has 0 amide bonds. The quantitative estimate of drug-likeness (QED) is 0.0174. The molecule has 0 aromatic carbocycles. The lowest BCUT2D eigenvalue weighted by molar-refractivity contribution is -0.332. The first-order valence-corrected chi connectivity index (χ1v) is 27.0. The highest BCUT2D eigenvalue weighted by Crippen LogP contribution is 2.26. The normalized spacial score (nSPS) is 25.8. The summed E-state index contributed by atoms with van der Waals surface area (Å²) >= 11 is 0. The molecule has 0 saturated carbocycles. The molecule has 2 rings (SSSR count). The molecule has 2 heterocycles. The standard InChI is InChI=1S/C56H94O15/c1-3-5-7-9-11-13-15-17-19-21-22-23-25-26-28-30-32-34-36-38-47(58)66-41-44(69-48(59)39-37-35-33-31-29-27-24-20-18-16-14-12-10-8-6-4-2)42-67-55-54(65)52(63)50(61)46(71-55)43-68-56-53(64)51(62)49(60)45(40-57)70-56/h5,7,11,13,17,19,22-23,26,28,32,34,44-46,49-57,60-65H,3-4,6,8-10,12,14-16,18,20-21,24-25,27,29-31,33,35-43H2,1-2H3/b7-5+,13-11+,19-17+,23-22+,28-26+,34-32+/t44-,45+,46+,49-,50-,51?,52?,53?,54?,55+,56+/m0/s1. The van der Waals surface area contributed by atoms with E-state index in [-0.39, 0.29) is 19.4 Å². The Morgan fingerprint density at radius 3 is 1.37 bits per heavy atom. The highest BCUT2D eigenvalue weighted by molar-refractivity contribution is 5.70. The van der Waals surface area contributed by atoms with Crippen LogP contribution >= 0.6 is 0 Å². The Morgan fingerprint density at radius 2 is 0.887 bits per heavy atom. The maximum Gasteiger partial charge on any atom is 0.306 e. The van der Waals surface area contributed by atoms with E-state index in [0.717, 1.165) is 57.8 Å². The van der Waals surface area contributed by atoms with Gasteiger partial charge in [0.25, 0.3) is 0 Å². The molecule has 7 N–H and O–H groups in total. The van der Waals surface area contributed by atoms with Crippen LogP contribution in [0, 0.1) is 0 Å². The number of esters is 2. The summed E-state index contributed by atoms with van der Waals surface area (Å²) < 4.78 is 33.5. The Balaban J connectivity index is 1.82. The number of ether oxygens (including phenoxy) is 6. The van der Waals surface area contributed by atoms with Crippen molar-refractivity contribution in [3.05, 3.63) is 72.9 Å². The second-order valence-electron chi connectivity index (χ2n) is 18.7. The van der Waals surface area contributed by atoms with Gasteiger partial charge in [-0.1, -0.05) is 183 Å². The van der Waals surface area contributed by atoms with Gasteiger partial charge in [0.15, 0.2) is 18.7 Å². The van der Waals surface area contributed by atoms with Crippen LogP contribution in [0.1, 0.15) is 174 Å². The number of allylic oxidation sites excluding steroid dienone is 12. The molecule has 71 heavy (non-hydrogen) atoms. The molecule has 408 valence electrons. The maximum atomic E-state index is 13.0. The van der Waals surface area contributed by atoms with Crippen LogP contribution in [0.2, 0.25) is 0 Å². The molecule has 15 heteroatoms. The number of hydrogen-bond acceptors (Lipinski definition) is 15. The fraction of sp³-hybridized carbons (Fsp3) is 0.750. The van der Waals surface area contributed by atoms with Crippen LogP contribution in [0.3, 0.4) is 0 Å². The Labute approximate surface area is 425 Å². The molecule has 11 atom stereocenters. The average molecular weight is 1010 g/mol. The summed E-state index contributed by atoms with van der Waals surface area (Å²) in [6.07, 6.45) is 33.7. The lowest BCUT2D eigenvalue weighted by Gasteiger charge is -2.42. The summed E-state index contributed by atoms with van der Waals surface area (Å²) in [5, 5.41) is 72.2. The van der Waals surface area contributed by atoms with Crippen molar-refractivity contribution in [3.63, 3.8) is 0 Å². The van der Waals surface area contributed by atoms with E-state index in [4.69, 9.17) is 28.4 Å². The Kier molecular flexibility index (Phi) is 38.2. The van der Waals surface area contributed by atoms with Gasteiger partial charge < -0.3 is 64.2 Å². The monoisotopic (exact) mass is 1010 g/mol. The molecule has 0 aliphatic carbocycles. The second-order valence-corrected chi connectivity index (χ2v) is 18.7. The summed E-state index contributed by atoms with van der Waals surface area (Å²) in [4.78, 5) is 25.8. The van der Waals surface area contributed by atoms with Gasteiger partial charge in [-0.15, -0.1) is 0 Å². The van der Waals surface area contributed by atoms with E-state index in [0.29, 0.717) is 12.8 Å². The van der Waals surface area contributed by atoms with Gasteiger partial charge in [0.2, 0.25) is 0 Å². The smallest absolute Gasteiger partial charge is 0.306 e. The van der Waals surface area contributed by atoms with Crippen LogP contribution < -0.4 is 0 Å². The van der Waals surface area contributed by atoms with Gasteiger partial charge in [-0.25, -0.2) is 0 Å². The topological polar surface area (TPSA) is 231 Å². The van der Waals surface area contributed by atoms with E-state index in [1.807, 2.05) is 12.2 Å². The molecule has 0 spiro atoms. The van der Waals surface area contributed by atoms with E-state index < -0.39 is 99.3 Å². The minimum Gasteiger partial charge on any atom is -0.462 e. The third-order valence-corrected chi connectivity index (χ3v) is 12.5. The summed E-state index contributed by atoms with van der Waals surface area (Å²) in [5.74, 6) is -1.02. The van der Waals surface area contributed by atoms with Crippen LogP contribution in [0.15, 0.2) is 72.9 Å². The molecule has 15 nitrogen and oxygen atoms in total. The van der Waals surface area contributed by atoms with Crippen molar-refractivity contribution in [1.29, 1.82) is 0 Å². The average Bonchev–Trinajstić information content (AvgIpc) is 3.36. The number of aliphatic hydroxyl groups excluding tert-OH is 7. The molecule has 0 bridgehead atoms. The Bertz CT molecular complexity index is 1510. The van der Waals surface area contributed by atoms with Crippen LogP contribution in [-0.2, 0) is 38.0 Å². The van der Waals surface area contributed by atoms with Crippen molar-refractivity contribution in [2.45, 2.75) is 242 Å². The molecule has 0 radical (unpaired) electrons. The number of rotatable bonds is 41. The van der Waals surface area contributed by atoms with Crippen LogP contribution in [0.25, 0.3) is 0 Å². The van der Waals surface area contributed by atoms with Gasteiger partial charge >= 0.3 is 11.9 Å². The summed E-state index contributed by atoms with van der Waals surface area (Å²) in [5.41, 5.74) is 0. The summed E-state index contributed by atoms with van der Waals surface area (Å²) in [7, 11) is 0. The van der Waals surface area contributed by atoms with E-state index in [9.17, 15) is 45.3 Å². The predicted molar refractivity (Wildman–Crippen MR) is 275 cm³/mol. The SMILES string of the molecule is CC/C=C/C/C=C/C/C=C/C/C=C/C/C=C/C/C=C/CCC(=O)OC[C@@H](CO[C@@H]1O[C@H](CO[C@@H]2O[C@H](CO)[C@H](O)C(O)C2O)[C@H](O)C(O)C1O)OC(=O)CCCCCCCCCCCCCCCCCC. The van der Waals surface area contributed by atoms with Gasteiger partial charge in [-0.3, -0.25) is 9.59 Å². The van der Waals surface area contributed by atoms with Gasteiger partial charge in [0.05, 0.1) is 19.8 Å². The number of unbranched alkanes of at least 4 members (excludes halogenated alkanes) is 15. The minimum atomic E-state index is -1.78. The number of carbonyl (C=O) groups is 2. The molecule has 2 fully saturated rings. The molecular formula is C56H94O15. The second kappa shape index (κ2) is 42.3. The number of aliphatic hydroxyl groups is 7. The first-order valence-electron chi connectivity index (χ1n) is 27.0. The molecule has 4 unspecified atom stereocenters. The number of hydrogen-bond donors (Lipinski definition) is 7. The third-order valence-electron chi connectivity index (χ3n) is 12.5. The molecular weight excluding hydrogens is 913 g/mol. The van der Waals surface area contributed by atoms with Crippen molar-refractivity contribution < 1.29 is 73.8 Å². The summed E-state index contributed by atoms with van der Waals surface area (Å²) in [6.45, 7) is 2.40. The first kappa shape index (κ1) is 64.1.